The van der Waals surface area contributed by atoms with Crippen molar-refractivity contribution in [2.75, 3.05) is 103 Å². The van der Waals surface area contributed by atoms with Gasteiger partial charge in [-0.05, 0) is 175 Å². The second-order valence-electron chi connectivity index (χ2n) is 34.6. The van der Waals surface area contributed by atoms with Gasteiger partial charge in [-0.3, -0.25) is 17.6 Å². The van der Waals surface area contributed by atoms with Gasteiger partial charge in [0.05, 0.1) is 38.9 Å². The van der Waals surface area contributed by atoms with Crippen LogP contribution in [0.2, 0.25) is 0 Å². The third-order valence-corrected chi connectivity index (χ3v) is 14.0. The highest BCUT2D eigenvalue weighted by Crippen LogP contribution is 2.31. The van der Waals surface area contributed by atoms with Gasteiger partial charge >= 0.3 is 18.5 Å². The highest BCUT2D eigenvalue weighted by Gasteiger charge is 2.31. The van der Waals surface area contributed by atoms with Crippen LogP contribution in [0.15, 0.2) is 0 Å². The van der Waals surface area contributed by atoms with Crippen molar-refractivity contribution in [2.45, 2.75) is 570 Å². The Bertz CT molecular complexity index is 1540. The lowest BCUT2D eigenvalue weighted by molar-refractivity contribution is -0.164. The number of methoxy groups -OCH3 is 2. The molecule has 0 aromatic rings. The van der Waals surface area contributed by atoms with Crippen LogP contribution in [0.25, 0.3) is 0 Å². The molecule has 0 radical (unpaired) electrons. The molecule has 0 spiro atoms. The number of thioether (sulfide) groups is 2. The molecule has 32 heteroatoms. The first-order valence-corrected chi connectivity index (χ1v) is 57.3. The second-order valence-corrected chi connectivity index (χ2v) is 37.8. The van der Waals surface area contributed by atoms with Gasteiger partial charge in [-0.25, -0.2) is 35.1 Å². The summed E-state index contributed by atoms with van der Waals surface area (Å²) in [4.78, 5) is 0. The summed E-state index contributed by atoms with van der Waals surface area (Å²) in [6.45, 7) is 95.9. The van der Waals surface area contributed by atoms with E-state index in [2.05, 4.69) is 195 Å². The fourth-order valence-corrected chi connectivity index (χ4v) is 2.38. The molecule has 0 aromatic heterocycles. The van der Waals surface area contributed by atoms with Crippen LogP contribution >= 0.6 is 48.8 Å². The highest BCUT2D eigenvalue weighted by molar-refractivity contribution is 7.98. The maximum Gasteiger partial charge on any atom is 0.391 e. The number of hydrogen-bond donors (Lipinski definition) is 6. The molecule has 0 saturated heterocycles. The number of hydrogen-bond acceptors (Lipinski definition) is 11. The Morgan fingerprint density at radius 3 is 0.722 bits per heavy atom. The maximum absolute atomic E-state index is 11.4. The summed E-state index contributed by atoms with van der Waals surface area (Å²) in [6, 6.07) is 2.02. The quantitative estimate of drug-likeness (QED) is 0.0353. The van der Waals surface area contributed by atoms with E-state index >= 15 is 0 Å². The van der Waals surface area contributed by atoms with E-state index in [9.17, 15) is 92.2 Å². The second kappa shape index (κ2) is 229. The summed E-state index contributed by atoms with van der Waals surface area (Å²) in [6.07, 6.45) is 4.75. The third-order valence-electron chi connectivity index (χ3n) is 12.1. The fraction of sp³-hybridized carbons (Fsp3) is 0.991. The lowest BCUT2D eigenvalue weighted by Gasteiger charge is -2.07. The number of nitrogens with zero attached hydrogens (tertiary/aromatic N) is 1. The minimum atomic E-state index is -4.00. The number of ether oxygens (including phenoxy) is 2. The molecular weight excluding hydrogens is 1980 g/mol. The van der Waals surface area contributed by atoms with Crippen LogP contribution in [-0.4, -0.2) is 180 Å². The van der Waals surface area contributed by atoms with Gasteiger partial charge in [0.25, 0.3) is 0 Å². The molecule has 7 nitrogen and oxygen atoms in total. The van der Waals surface area contributed by atoms with Crippen LogP contribution < -0.4 is 0 Å². The van der Waals surface area contributed by atoms with E-state index in [1.807, 2.05) is 113 Å². The molecule has 0 amide bonds. The number of alkyl halides is 21. The summed E-state index contributed by atoms with van der Waals surface area (Å²) in [7, 11) is 3.39. The standard InChI is InChI=1S/C5H10F2.C5H11F.C5H10.3C5H12.2C4H7F3.2C4H8F2.2C4H9F.C4H7N.2C4H10O.C4H10S.2C4H10.C3H5F3.C3H6F2.C3H7F.3C3H8O.2C3H8S.C3H8.C2H6O.C2H6S.C2H6.CH4/c1-3-4(2)5(6)7;1-3-5(2)4-6;1-2-5-3-4-5;1-5(2,3)4;2*1-4-5(2)3;1-3(2)4(5,6)7;1-2-3-4(5,6)7;1-3(2)4(5)6;1-2-3-4(5)6;1-4(2)3-5;2*1-2-3-4-5;1-3-4-5-2;1-3-4(2)5;1-3-4-5-2;1-4(2)3;1-3-4-2;1-2-3(4,5)6;1-2-3(4)5;1-2-3-4;1-3-4-2;1-3(2)4;1-2-3-4;1-3-4-2;1-2-3-4;1-3-2;2*1-2-3;1-2;/h4-5H,3H2,1-2H3;5H,3-4H2,1-2H3;5H,2-4H2,1H3;1-4H3;2*5H,4H2,1-3H3;3H,1-2H3;2-3H2,1H3;3-4H,1-2H3;4H,2-3H2,1H3;4H,3H2,1-2H3;2-4H2,1H3;2-3H2,1H3;3-4H2,1-2H3;4-5H,3H2,1-2H3;3-4H2,1-2H3;4H,1-3H3;3-4H2,1-2H3;2H2,1H3;3H,2H2,1H3;2-3H2,1H3;3H2,1-2H3;3-4H,1-2H3;4H,2-3H2,1H3;3H2,1-2H3;4H,2-3H2,1H3;3H2,1-2H3;2*3H,2H2,1H3;1-2H3;1H4. The molecule has 0 heterocycles. The van der Waals surface area contributed by atoms with Crippen molar-refractivity contribution in [3.8, 4) is 6.07 Å². The normalized spacial score (nSPS) is 10.3. The summed E-state index contributed by atoms with van der Waals surface area (Å²) in [5.41, 5.74) is 0.500. The zero-order valence-electron chi connectivity index (χ0n) is 104. The molecule has 3 atom stereocenters. The van der Waals surface area contributed by atoms with Gasteiger partial charge in [-0.2, -0.15) is 93.6 Å². The Kier molecular flexibility index (Phi) is 360. The zero-order chi connectivity index (χ0) is 122. The number of thiol groups is 2. The van der Waals surface area contributed by atoms with Crippen molar-refractivity contribution in [1.82, 2.24) is 0 Å². The van der Waals surface area contributed by atoms with Gasteiger partial charge in [-0.1, -0.05) is 383 Å². The van der Waals surface area contributed by atoms with Crippen LogP contribution in [0, 0.1) is 70.0 Å². The maximum atomic E-state index is 11.4. The first kappa shape index (κ1) is 226. The van der Waals surface area contributed by atoms with Crippen LogP contribution in [0.5, 0.6) is 0 Å². The van der Waals surface area contributed by atoms with Gasteiger partial charge in [-0.15, -0.1) is 0 Å². The summed E-state index contributed by atoms with van der Waals surface area (Å²) >= 11 is 11.5. The molecule has 1 saturated carbocycles. The average Bonchev–Trinajstić information content (AvgIpc) is 1.66. The van der Waals surface area contributed by atoms with Gasteiger partial charge in [0.15, 0.2) is 0 Å². The number of halogens is 21. The smallest absolute Gasteiger partial charge is 0.391 e. The first-order valence-electron chi connectivity index (χ1n) is 53.3. The number of aliphatic hydroxyl groups is 4. The lowest BCUT2D eigenvalue weighted by Crippen LogP contribution is -2.15. The summed E-state index contributed by atoms with van der Waals surface area (Å²) in [5, 5.41) is 39.7. The molecule has 144 heavy (non-hydrogen) atoms. The average molecular weight is 2240 g/mol. The van der Waals surface area contributed by atoms with E-state index in [1.165, 1.54) is 103 Å². The molecule has 0 bridgehead atoms. The van der Waals surface area contributed by atoms with Crippen molar-refractivity contribution >= 4 is 48.8 Å². The van der Waals surface area contributed by atoms with Crippen LogP contribution in [0.3, 0.4) is 0 Å². The Labute approximate surface area is 908 Å². The first-order chi connectivity index (χ1) is 65.6. The molecule has 1 aliphatic carbocycles. The molecule has 1 fully saturated rings. The van der Waals surface area contributed by atoms with Crippen molar-refractivity contribution in [3.05, 3.63) is 0 Å². The van der Waals surface area contributed by atoms with Crippen LogP contribution in [-0.2, 0) is 9.47 Å². The number of rotatable bonds is 27. The zero-order valence-corrected chi connectivity index (χ0v) is 107. The Balaban J connectivity index is -0.0000000334. The van der Waals surface area contributed by atoms with E-state index in [0.717, 1.165) is 114 Å². The van der Waals surface area contributed by atoms with Gasteiger partial charge in [0, 0.05) is 96.6 Å². The molecule has 1 aliphatic rings. The third kappa shape index (κ3) is 820. The van der Waals surface area contributed by atoms with Crippen LogP contribution in [0.4, 0.5) is 92.2 Å². The molecule has 4 N–H and O–H groups in total. The van der Waals surface area contributed by atoms with Crippen molar-refractivity contribution in [2.24, 2.45) is 58.7 Å². The van der Waals surface area contributed by atoms with E-state index in [-0.39, 0.29) is 84.0 Å². The monoisotopic (exact) mass is 2240 g/mol. The molecule has 920 valence electrons. The SMILES string of the molecule is C.CC.CC(C)(C)C.CC(C)C.CC(C)C(F)(F)F.CC(C)C(F)F.CC(C)CF.CC(C)O.CCC.CCC(C)C.CCC(C)C.CCC(C)C(F)F.CCC(C)CF.CCC(C)O.CCC(F)(F)F.CCC(F)F.CCC1CC1.CCCC.CCCC#N.CCCC(F)(F)F.CCCC(F)F.CCCCF.CCCF.CCCO.CCCOC.CCCS.CCCSC.CCO.CCOC.CCS.CCSC. The predicted octanol–water partition coefficient (Wildman–Crippen LogP) is 45.6. The van der Waals surface area contributed by atoms with E-state index in [4.69, 9.17) is 30.4 Å². The molecule has 0 aliphatic heterocycles. The highest BCUT2D eigenvalue weighted by atomic mass is 32.2. The van der Waals surface area contributed by atoms with Crippen LogP contribution in [0.1, 0.15) is 514 Å². The van der Waals surface area contributed by atoms with Gasteiger partial charge in [0.1, 0.15) is 0 Å². The molecule has 0 aromatic carbocycles. The summed E-state index contributed by atoms with van der Waals surface area (Å²) < 4.78 is 241. The van der Waals surface area contributed by atoms with Crippen molar-refractivity contribution < 1.29 is 122 Å². The molecule has 3 unspecified atom stereocenters. The topological polar surface area (TPSA) is 123 Å². The van der Waals surface area contributed by atoms with E-state index in [1.54, 1.807) is 69.6 Å². The van der Waals surface area contributed by atoms with E-state index < -0.39 is 74.8 Å². The Morgan fingerprint density at radius 1 is 0.444 bits per heavy atom. The summed E-state index contributed by atoms with van der Waals surface area (Å²) in [5.74, 6) is 6.61. The van der Waals surface area contributed by atoms with Crippen molar-refractivity contribution in [1.29, 1.82) is 5.26 Å². The predicted molar refractivity (Wildman–Crippen MR) is 625 cm³/mol. The fourth-order valence-electron chi connectivity index (χ4n) is 1.97. The van der Waals surface area contributed by atoms with Gasteiger partial charge in [0.2, 0.25) is 25.7 Å². The number of aliphatic hydroxyl groups excluding tert-OH is 4. The number of nitriles is 1. The number of unbranched alkanes of at least 4 members (excludes halogenated alkanes) is 3. The Hall–Kier alpha value is -0.820. The van der Waals surface area contributed by atoms with Gasteiger partial charge < -0.3 is 29.9 Å². The minimum absolute atomic E-state index is 0. The lowest BCUT2D eigenvalue weighted by atomic mass is 10.0. The minimum Gasteiger partial charge on any atom is -0.397 e. The van der Waals surface area contributed by atoms with E-state index in [0.29, 0.717) is 37.7 Å². The molecular formula is C112H260F21NO6S4. The largest absolute Gasteiger partial charge is 0.397 e. The Morgan fingerprint density at radius 2 is 0.722 bits per heavy atom. The molecule has 1 rings (SSSR count). The van der Waals surface area contributed by atoms with Crippen molar-refractivity contribution in [3.63, 3.8) is 0 Å².